The van der Waals surface area contributed by atoms with Crippen molar-refractivity contribution >= 4 is 50.7 Å². The summed E-state index contributed by atoms with van der Waals surface area (Å²) in [6.07, 6.45) is 1.50. The summed E-state index contributed by atoms with van der Waals surface area (Å²) in [5.74, 6) is -0.360. The molecule has 0 saturated carbocycles. The predicted octanol–water partition coefficient (Wildman–Crippen LogP) is 4.26. The average Bonchev–Trinajstić information content (AvgIpc) is 3.09. The van der Waals surface area contributed by atoms with Crippen LogP contribution in [-0.4, -0.2) is 43.6 Å². The van der Waals surface area contributed by atoms with E-state index in [1.807, 2.05) is 30.3 Å². The van der Waals surface area contributed by atoms with Crippen molar-refractivity contribution < 1.29 is 28.6 Å². The lowest BCUT2D eigenvalue weighted by Gasteiger charge is -2.14. The predicted molar refractivity (Wildman–Crippen MR) is 129 cm³/mol. The molecule has 0 radical (unpaired) electrons. The Hall–Kier alpha value is -3.85. The number of halogens is 1. The Morgan fingerprint density at radius 2 is 1.82 bits per heavy atom. The minimum absolute atomic E-state index is 0.0349. The standard InChI is InChI=1S/C25H21BrN2O6/c1-32-21-12-16(11-20-24(30)28(25(31)27-20)13-22(29)33-2)10-19(26)23(21)34-14-15-7-8-17-5-3-4-6-18(17)9-15/h3-12H,13-14H2,1-2H3,(H,27,31)/b20-11+. The quantitative estimate of drug-likeness (QED) is 0.282. The summed E-state index contributed by atoms with van der Waals surface area (Å²) < 4.78 is 16.7. The van der Waals surface area contributed by atoms with Crippen LogP contribution < -0.4 is 14.8 Å². The molecule has 3 amide bonds. The van der Waals surface area contributed by atoms with Crippen LogP contribution in [0.25, 0.3) is 16.8 Å². The third kappa shape index (κ3) is 4.89. The van der Waals surface area contributed by atoms with Gasteiger partial charge in [-0.05, 0) is 62.1 Å². The zero-order valence-electron chi connectivity index (χ0n) is 18.5. The number of hydrogen-bond acceptors (Lipinski definition) is 6. The van der Waals surface area contributed by atoms with Gasteiger partial charge in [-0.15, -0.1) is 0 Å². The number of esters is 1. The molecule has 3 aromatic rings. The molecule has 0 aromatic heterocycles. The van der Waals surface area contributed by atoms with Gasteiger partial charge >= 0.3 is 12.0 Å². The van der Waals surface area contributed by atoms with Gasteiger partial charge in [0.05, 0.1) is 18.7 Å². The first kappa shape index (κ1) is 23.3. The van der Waals surface area contributed by atoms with E-state index in [-0.39, 0.29) is 5.70 Å². The molecule has 3 aromatic carbocycles. The van der Waals surface area contributed by atoms with Crippen LogP contribution in [0.1, 0.15) is 11.1 Å². The number of fused-ring (bicyclic) bond motifs is 1. The Morgan fingerprint density at radius 3 is 2.56 bits per heavy atom. The zero-order valence-corrected chi connectivity index (χ0v) is 20.0. The van der Waals surface area contributed by atoms with Gasteiger partial charge in [-0.2, -0.15) is 0 Å². The molecule has 174 valence electrons. The molecule has 0 unspecified atom stereocenters. The minimum atomic E-state index is -0.693. The summed E-state index contributed by atoms with van der Waals surface area (Å²) in [6, 6.07) is 17.0. The van der Waals surface area contributed by atoms with Crippen LogP contribution in [0.5, 0.6) is 11.5 Å². The van der Waals surface area contributed by atoms with Crippen molar-refractivity contribution in [1.29, 1.82) is 0 Å². The van der Waals surface area contributed by atoms with Crippen LogP contribution in [-0.2, 0) is 20.9 Å². The van der Waals surface area contributed by atoms with E-state index in [2.05, 4.69) is 38.1 Å². The fourth-order valence-corrected chi connectivity index (χ4v) is 4.10. The molecule has 1 N–H and O–H groups in total. The molecule has 1 heterocycles. The summed E-state index contributed by atoms with van der Waals surface area (Å²) >= 11 is 3.50. The van der Waals surface area contributed by atoms with Crippen LogP contribution in [0.2, 0.25) is 0 Å². The van der Waals surface area contributed by atoms with E-state index in [9.17, 15) is 14.4 Å². The van der Waals surface area contributed by atoms with E-state index in [0.29, 0.717) is 28.1 Å². The molecule has 0 bridgehead atoms. The van der Waals surface area contributed by atoms with Crippen LogP contribution in [0.4, 0.5) is 4.79 Å². The fraction of sp³-hybridized carbons (Fsp3) is 0.160. The highest BCUT2D eigenvalue weighted by Crippen LogP contribution is 2.38. The summed E-state index contributed by atoms with van der Waals surface area (Å²) in [4.78, 5) is 36.9. The van der Waals surface area contributed by atoms with Crippen molar-refractivity contribution in [3.63, 3.8) is 0 Å². The number of carbonyl (C=O) groups excluding carboxylic acids is 3. The van der Waals surface area contributed by atoms with Gasteiger partial charge in [0.15, 0.2) is 11.5 Å². The van der Waals surface area contributed by atoms with E-state index in [1.165, 1.54) is 20.3 Å². The third-order valence-electron chi connectivity index (χ3n) is 5.24. The number of amides is 3. The van der Waals surface area contributed by atoms with Gasteiger partial charge < -0.3 is 19.5 Å². The Kier molecular flexibility index (Phi) is 6.83. The first-order valence-electron chi connectivity index (χ1n) is 10.3. The van der Waals surface area contributed by atoms with Gasteiger partial charge in [0.1, 0.15) is 18.8 Å². The zero-order chi connectivity index (χ0) is 24.2. The first-order valence-corrected chi connectivity index (χ1v) is 11.1. The molecule has 1 fully saturated rings. The van der Waals surface area contributed by atoms with Crippen LogP contribution in [0.15, 0.2) is 64.8 Å². The van der Waals surface area contributed by atoms with E-state index in [1.54, 1.807) is 12.1 Å². The fourth-order valence-electron chi connectivity index (χ4n) is 3.52. The van der Waals surface area contributed by atoms with Crippen LogP contribution in [0.3, 0.4) is 0 Å². The van der Waals surface area contributed by atoms with E-state index < -0.39 is 24.5 Å². The van der Waals surface area contributed by atoms with Crippen LogP contribution in [0, 0.1) is 0 Å². The molecule has 0 spiro atoms. The molecule has 34 heavy (non-hydrogen) atoms. The summed E-state index contributed by atoms with van der Waals surface area (Å²) in [7, 11) is 2.70. The van der Waals surface area contributed by atoms with Crippen LogP contribution >= 0.6 is 15.9 Å². The number of nitrogens with one attached hydrogen (secondary N) is 1. The molecular formula is C25H21BrN2O6. The van der Waals surface area contributed by atoms with Crippen molar-refractivity contribution in [2.24, 2.45) is 0 Å². The second-order valence-electron chi connectivity index (χ2n) is 7.46. The van der Waals surface area contributed by atoms with Crippen molar-refractivity contribution in [2.45, 2.75) is 6.61 Å². The Balaban J connectivity index is 1.54. The second-order valence-corrected chi connectivity index (χ2v) is 8.31. The number of rotatable bonds is 7. The van der Waals surface area contributed by atoms with Crippen molar-refractivity contribution in [3.8, 4) is 11.5 Å². The third-order valence-corrected chi connectivity index (χ3v) is 5.83. The normalized spacial score (nSPS) is 14.4. The summed E-state index contributed by atoms with van der Waals surface area (Å²) in [5, 5.41) is 4.75. The number of carbonyl (C=O) groups is 3. The maximum atomic E-state index is 12.5. The van der Waals surface area contributed by atoms with E-state index >= 15 is 0 Å². The van der Waals surface area contributed by atoms with Gasteiger partial charge in [-0.1, -0.05) is 36.4 Å². The second kappa shape index (κ2) is 9.96. The SMILES string of the molecule is COC(=O)CN1C(=O)N/C(=C/c2cc(Br)c(OCc3ccc4ccccc4c3)c(OC)c2)C1=O. The molecule has 1 aliphatic rings. The molecule has 0 atom stereocenters. The molecule has 9 heteroatoms. The van der Waals surface area contributed by atoms with Crippen molar-refractivity contribution in [3.05, 3.63) is 75.9 Å². The Labute approximate surface area is 204 Å². The molecule has 8 nitrogen and oxygen atoms in total. The molecular weight excluding hydrogens is 504 g/mol. The van der Waals surface area contributed by atoms with Gasteiger partial charge in [-0.25, -0.2) is 9.69 Å². The number of ether oxygens (including phenoxy) is 3. The largest absolute Gasteiger partial charge is 0.493 e. The maximum absolute atomic E-state index is 12.5. The summed E-state index contributed by atoms with van der Waals surface area (Å²) in [6.45, 7) is -0.135. The Morgan fingerprint density at radius 1 is 1.06 bits per heavy atom. The molecule has 1 saturated heterocycles. The average molecular weight is 525 g/mol. The maximum Gasteiger partial charge on any atom is 0.329 e. The number of nitrogens with zero attached hydrogens (tertiary/aromatic N) is 1. The van der Waals surface area contributed by atoms with Gasteiger partial charge in [-0.3, -0.25) is 9.59 Å². The van der Waals surface area contributed by atoms with Gasteiger partial charge in [0, 0.05) is 0 Å². The summed E-state index contributed by atoms with van der Waals surface area (Å²) in [5.41, 5.74) is 1.63. The number of benzene rings is 3. The van der Waals surface area contributed by atoms with Gasteiger partial charge in [0.25, 0.3) is 5.91 Å². The highest BCUT2D eigenvalue weighted by molar-refractivity contribution is 9.10. The monoisotopic (exact) mass is 524 g/mol. The topological polar surface area (TPSA) is 94.2 Å². The van der Waals surface area contributed by atoms with E-state index in [0.717, 1.165) is 21.2 Å². The van der Waals surface area contributed by atoms with E-state index in [4.69, 9.17) is 9.47 Å². The lowest BCUT2D eigenvalue weighted by molar-refractivity contribution is -0.143. The smallest absolute Gasteiger partial charge is 0.329 e. The lowest BCUT2D eigenvalue weighted by Crippen LogP contribution is -2.36. The first-order chi connectivity index (χ1) is 16.4. The highest BCUT2D eigenvalue weighted by Gasteiger charge is 2.35. The van der Waals surface area contributed by atoms with Gasteiger partial charge in [0.2, 0.25) is 0 Å². The molecule has 1 aliphatic heterocycles. The number of hydrogen-bond donors (Lipinski definition) is 1. The number of urea groups is 1. The van der Waals surface area contributed by atoms with Crippen molar-refractivity contribution in [2.75, 3.05) is 20.8 Å². The lowest BCUT2D eigenvalue weighted by atomic mass is 10.1. The highest BCUT2D eigenvalue weighted by atomic mass is 79.9. The van der Waals surface area contributed by atoms with Crippen molar-refractivity contribution in [1.82, 2.24) is 10.2 Å². The number of imide groups is 1. The molecule has 4 rings (SSSR count). The minimum Gasteiger partial charge on any atom is -0.493 e. The number of methoxy groups -OCH3 is 2. The molecule has 0 aliphatic carbocycles. The Bertz CT molecular complexity index is 1320.